The lowest BCUT2D eigenvalue weighted by Crippen LogP contribution is -2.42. The Kier molecular flexibility index (Phi) is 9.10. The largest absolute Gasteiger partial charge is 0.334 e. The normalized spacial score (nSPS) is 20.2. The number of hydrogen-bond donors (Lipinski definition) is 0. The molecule has 1 rings (SSSR count). The minimum absolute atomic E-state index is 0.162. The molecule has 1 fully saturated rings. The van der Waals surface area contributed by atoms with Gasteiger partial charge in [-0.2, -0.15) is 0 Å². The van der Waals surface area contributed by atoms with Crippen molar-refractivity contribution in [3.05, 3.63) is 0 Å². The van der Waals surface area contributed by atoms with Crippen molar-refractivity contribution in [1.82, 2.24) is 4.90 Å². The van der Waals surface area contributed by atoms with Gasteiger partial charge in [0, 0.05) is 25.2 Å². The molecular weight excluding hydrogens is 252 g/mol. The molecule has 4 nitrogen and oxygen atoms in total. The summed E-state index contributed by atoms with van der Waals surface area (Å²) in [6.45, 7) is 10.2. The molecule has 116 valence electrons. The van der Waals surface area contributed by atoms with E-state index in [1.807, 2.05) is 25.8 Å². The predicted molar refractivity (Wildman–Crippen MR) is 84.2 cm³/mol. The quantitative estimate of drug-likeness (QED) is 0.744. The highest BCUT2D eigenvalue weighted by Gasteiger charge is 2.32. The molecule has 1 aliphatic heterocycles. The van der Waals surface area contributed by atoms with E-state index in [1.54, 1.807) is 0 Å². The van der Waals surface area contributed by atoms with Gasteiger partial charge in [-0.1, -0.05) is 20.3 Å². The van der Waals surface area contributed by atoms with Crippen LogP contribution >= 0.6 is 0 Å². The molecule has 1 amide bonds. The third kappa shape index (κ3) is 6.31. The third-order valence-electron chi connectivity index (χ3n) is 3.51. The van der Waals surface area contributed by atoms with Crippen molar-refractivity contribution in [2.24, 2.45) is 10.9 Å². The summed E-state index contributed by atoms with van der Waals surface area (Å²) in [5.41, 5.74) is 1.09. The number of carbonyl (C=O) groups excluding carboxylic acids is 2. The molecule has 0 bridgehead atoms. The van der Waals surface area contributed by atoms with E-state index in [4.69, 9.17) is 0 Å². The van der Waals surface area contributed by atoms with Gasteiger partial charge in [-0.25, -0.2) is 0 Å². The van der Waals surface area contributed by atoms with Crippen LogP contribution in [0.5, 0.6) is 0 Å². The first-order chi connectivity index (χ1) is 9.34. The molecule has 0 aromatic carbocycles. The van der Waals surface area contributed by atoms with E-state index >= 15 is 0 Å². The van der Waals surface area contributed by atoms with Crippen molar-refractivity contribution in [3.8, 4) is 0 Å². The van der Waals surface area contributed by atoms with E-state index in [-0.39, 0.29) is 17.7 Å². The predicted octanol–water partition coefficient (Wildman–Crippen LogP) is 3.10. The van der Waals surface area contributed by atoms with Crippen molar-refractivity contribution in [2.45, 2.75) is 66.3 Å². The SMILES string of the molecule is CC(C)=O.CCCC(C)C(=O)N1CCCC1C(C)=NC. The van der Waals surface area contributed by atoms with Crippen molar-refractivity contribution < 1.29 is 9.59 Å². The van der Waals surface area contributed by atoms with E-state index in [2.05, 4.69) is 11.9 Å². The lowest BCUT2D eigenvalue weighted by molar-refractivity contribution is -0.135. The average Bonchev–Trinajstić information content (AvgIpc) is 2.85. The summed E-state index contributed by atoms with van der Waals surface area (Å²) in [4.78, 5) is 27.9. The minimum atomic E-state index is 0.162. The molecule has 2 unspecified atom stereocenters. The van der Waals surface area contributed by atoms with Gasteiger partial charge in [0.1, 0.15) is 5.78 Å². The van der Waals surface area contributed by atoms with Crippen LogP contribution in [0.15, 0.2) is 4.99 Å². The fraction of sp³-hybridized carbons (Fsp3) is 0.812. The van der Waals surface area contributed by atoms with Crippen molar-refractivity contribution >= 4 is 17.4 Å². The highest BCUT2D eigenvalue weighted by Crippen LogP contribution is 2.22. The number of carbonyl (C=O) groups is 2. The maximum atomic E-state index is 12.2. The number of hydrogen-bond acceptors (Lipinski definition) is 3. The number of amides is 1. The molecule has 2 atom stereocenters. The number of likely N-dealkylation sites (tertiary alicyclic amines) is 1. The highest BCUT2D eigenvalue weighted by atomic mass is 16.2. The Morgan fingerprint density at radius 1 is 1.30 bits per heavy atom. The Morgan fingerprint density at radius 3 is 2.30 bits per heavy atom. The van der Waals surface area contributed by atoms with E-state index in [9.17, 15) is 9.59 Å². The third-order valence-corrected chi connectivity index (χ3v) is 3.51. The van der Waals surface area contributed by atoms with Crippen molar-refractivity contribution in [1.29, 1.82) is 0 Å². The number of rotatable bonds is 4. The topological polar surface area (TPSA) is 49.7 Å². The van der Waals surface area contributed by atoms with E-state index in [1.165, 1.54) is 13.8 Å². The maximum Gasteiger partial charge on any atom is 0.225 e. The average molecular weight is 282 g/mol. The van der Waals surface area contributed by atoms with Gasteiger partial charge in [-0.15, -0.1) is 0 Å². The van der Waals surface area contributed by atoms with Gasteiger partial charge in [-0.05, 0) is 40.0 Å². The van der Waals surface area contributed by atoms with Gasteiger partial charge >= 0.3 is 0 Å². The molecule has 0 saturated carbocycles. The number of nitrogens with zero attached hydrogens (tertiary/aromatic N) is 2. The summed E-state index contributed by atoms with van der Waals surface area (Å²) in [7, 11) is 1.81. The Bertz CT molecular complexity index is 346. The fourth-order valence-electron chi connectivity index (χ4n) is 2.45. The summed E-state index contributed by atoms with van der Waals surface area (Å²) in [6.07, 6.45) is 4.26. The second-order valence-electron chi connectivity index (χ2n) is 5.65. The molecule has 20 heavy (non-hydrogen) atoms. The second-order valence-corrected chi connectivity index (χ2v) is 5.65. The van der Waals surface area contributed by atoms with E-state index in [0.29, 0.717) is 5.91 Å². The molecule has 1 saturated heterocycles. The van der Waals surface area contributed by atoms with Gasteiger partial charge in [-0.3, -0.25) is 9.79 Å². The van der Waals surface area contributed by atoms with Crippen LogP contribution in [0.3, 0.4) is 0 Å². The van der Waals surface area contributed by atoms with Crippen LogP contribution in [0.1, 0.15) is 60.3 Å². The lowest BCUT2D eigenvalue weighted by atomic mass is 10.0. The monoisotopic (exact) mass is 282 g/mol. The van der Waals surface area contributed by atoms with Crippen LogP contribution in [0.2, 0.25) is 0 Å². The number of aliphatic imine (C=N–C) groups is 1. The van der Waals surface area contributed by atoms with Gasteiger partial charge in [0.05, 0.1) is 6.04 Å². The molecule has 0 aromatic heterocycles. The first-order valence-electron chi connectivity index (χ1n) is 7.56. The Labute approximate surface area is 123 Å². The Morgan fingerprint density at radius 2 is 1.85 bits per heavy atom. The minimum Gasteiger partial charge on any atom is -0.334 e. The fourth-order valence-corrected chi connectivity index (χ4v) is 2.45. The summed E-state index contributed by atoms with van der Waals surface area (Å²) in [5, 5.41) is 0. The number of ketones is 1. The van der Waals surface area contributed by atoms with Crippen LogP contribution in [0, 0.1) is 5.92 Å². The summed E-state index contributed by atoms with van der Waals surface area (Å²) >= 11 is 0. The van der Waals surface area contributed by atoms with Crippen LogP contribution in [0.25, 0.3) is 0 Å². The Balaban J connectivity index is 0.000000796. The highest BCUT2D eigenvalue weighted by molar-refractivity contribution is 5.92. The molecule has 1 heterocycles. The smallest absolute Gasteiger partial charge is 0.225 e. The van der Waals surface area contributed by atoms with Crippen LogP contribution < -0.4 is 0 Å². The van der Waals surface area contributed by atoms with Gasteiger partial charge in [0.2, 0.25) is 5.91 Å². The van der Waals surface area contributed by atoms with E-state index < -0.39 is 0 Å². The van der Waals surface area contributed by atoms with Gasteiger partial charge in [0.15, 0.2) is 0 Å². The Hall–Kier alpha value is -1.19. The van der Waals surface area contributed by atoms with Gasteiger partial charge in [0.25, 0.3) is 0 Å². The lowest BCUT2D eigenvalue weighted by Gasteiger charge is -2.27. The van der Waals surface area contributed by atoms with E-state index in [0.717, 1.165) is 37.9 Å². The molecule has 4 heteroatoms. The zero-order valence-electron chi connectivity index (χ0n) is 13.9. The van der Waals surface area contributed by atoms with Crippen molar-refractivity contribution in [3.63, 3.8) is 0 Å². The molecule has 0 N–H and O–H groups in total. The zero-order valence-corrected chi connectivity index (χ0v) is 13.9. The van der Waals surface area contributed by atoms with Crippen LogP contribution in [-0.4, -0.2) is 41.9 Å². The maximum absolute atomic E-state index is 12.2. The van der Waals surface area contributed by atoms with Crippen molar-refractivity contribution in [2.75, 3.05) is 13.6 Å². The summed E-state index contributed by atoms with van der Waals surface area (Å²) in [5.74, 6) is 0.641. The van der Waals surface area contributed by atoms with Gasteiger partial charge < -0.3 is 9.69 Å². The zero-order chi connectivity index (χ0) is 15.7. The summed E-state index contributed by atoms with van der Waals surface area (Å²) < 4.78 is 0. The molecule has 0 spiro atoms. The molecule has 0 radical (unpaired) electrons. The van der Waals surface area contributed by atoms with Crippen LogP contribution in [0.4, 0.5) is 0 Å². The molecular formula is C16H30N2O2. The molecule has 0 aromatic rings. The summed E-state index contributed by atoms with van der Waals surface area (Å²) in [6, 6.07) is 0.261. The second kappa shape index (κ2) is 9.67. The van der Waals surface area contributed by atoms with Crippen LogP contribution in [-0.2, 0) is 9.59 Å². The first kappa shape index (κ1) is 18.8. The molecule has 0 aliphatic carbocycles. The number of Topliss-reactive ketones (excluding diaryl/α,β-unsaturated/α-hetero) is 1. The first-order valence-corrected chi connectivity index (χ1v) is 7.56. The molecule has 1 aliphatic rings. The standard InChI is InChI=1S/C13H24N2O.C3H6O/c1-5-7-10(2)13(16)15-9-6-8-12(15)11(3)14-4;1-3(2)4/h10,12H,5-9H2,1-4H3;1-2H3.